The van der Waals surface area contributed by atoms with Crippen LogP contribution in [0.3, 0.4) is 0 Å². The minimum atomic E-state index is -0.288. The number of aryl methyl sites for hydroxylation is 2. The molecule has 0 atom stereocenters. The third-order valence-corrected chi connectivity index (χ3v) is 3.19. The monoisotopic (exact) mass is 248 g/mol. The first-order chi connectivity index (χ1) is 8.79. The van der Waals surface area contributed by atoms with Crippen molar-refractivity contribution in [1.29, 1.82) is 0 Å². The van der Waals surface area contributed by atoms with E-state index in [0.29, 0.717) is 6.61 Å². The van der Waals surface area contributed by atoms with E-state index in [1.54, 1.807) is 0 Å². The van der Waals surface area contributed by atoms with Crippen LogP contribution < -0.4 is 4.74 Å². The molecule has 0 N–H and O–H groups in total. The number of fused-ring (bicyclic) bond motifs is 1. The summed E-state index contributed by atoms with van der Waals surface area (Å²) in [6.45, 7) is 2.56. The maximum atomic E-state index is 11.4. The first-order valence-corrected chi connectivity index (χ1v) is 6.70. The highest BCUT2D eigenvalue weighted by Crippen LogP contribution is 2.25. The molecule has 0 amide bonds. The Hall–Kier alpha value is -1.51. The average molecular weight is 248 g/mol. The van der Waals surface area contributed by atoms with Gasteiger partial charge in [0.15, 0.2) is 6.61 Å². The van der Waals surface area contributed by atoms with Crippen molar-refractivity contribution in [2.45, 2.75) is 39.0 Å². The topological polar surface area (TPSA) is 35.5 Å². The van der Waals surface area contributed by atoms with Crippen LogP contribution in [-0.4, -0.2) is 19.2 Å². The first-order valence-electron chi connectivity index (χ1n) is 6.70. The summed E-state index contributed by atoms with van der Waals surface area (Å²) < 4.78 is 10.5. The van der Waals surface area contributed by atoms with Crippen molar-refractivity contribution in [2.24, 2.45) is 0 Å². The fourth-order valence-electron chi connectivity index (χ4n) is 2.15. The molecule has 0 unspecified atom stereocenters. The molecule has 0 fully saturated rings. The lowest BCUT2D eigenvalue weighted by Gasteiger charge is -2.08. The molecule has 1 aliphatic rings. The van der Waals surface area contributed by atoms with Gasteiger partial charge in [-0.1, -0.05) is 19.4 Å². The zero-order chi connectivity index (χ0) is 12.8. The van der Waals surface area contributed by atoms with E-state index < -0.39 is 0 Å². The SMILES string of the molecule is CCCCOC(=O)COc1ccc2c(c1)CCC2. The number of unbranched alkanes of at least 4 members (excludes halogenated alkanes) is 1. The minimum absolute atomic E-state index is 0.00248. The number of esters is 1. The number of hydrogen-bond acceptors (Lipinski definition) is 3. The normalized spacial score (nSPS) is 13.2. The highest BCUT2D eigenvalue weighted by Gasteiger charge is 2.12. The fourth-order valence-corrected chi connectivity index (χ4v) is 2.15. The van der Waals surface area contributed by atoms with Crippen molar-refractivity contribution in [1.82, 2.24) is 0 Å². The summed E-state index contributed by atoms with van der Waals surface area (Å²) in [4.78, 5) is 11.4. The Morgan fingerprint density at radius 1 is 1.28 bits per heavy atom. The van der Waals surface area contributed by atoms with Crippen molar-refractivity contribution >= 4 is 5.97 Å². The van der Waals surface area contributed by atoms with Crippen LogP contribution >= 0.6 is 0 Å². The molecule has 98 valence electrons. The minimum Gasteiger partial charge on any atom is -0.482 e. The highest BCUT2D eigenvalue weighted by atomic mass is 16.6. The van der Waals surface area contributed by atoms with Gasteiger partial charge in [-0.25, -0.2) is 4.79 Å². The summed E-state index contributed by atoms with van der Waals surface area (Å²) in [6, 6.07) is 6.07. The molecule has 0 saturated heterocycles. The fraction of sp³-hybridized carbons (Fsp3) is 0.533. The summed E-state index contributed by atoms with van der Waals surface area (Å²) in [6.07, 6.45) is 5.43. The van der Waals surface area contributed by atoms with Crippen molar-refractivity contribution < 1.29 is 14.3 Å². The van der Waals surface area contributed by atoms with Gasteiger partial charge in [0.25, 0.3) is 0 Å². The van der Waals surface area contributed by atoms with Gasteiger partial charge in [0.2, 0.25) is 0 Å². The number of ether oxygens (including phenoxy) is 2. The Kier molecular flexibility index (Phi) is 4.62. The molecule has 1 aliphatic carbocycles. The summed E-state index contributed by atoms with van der Waals surface area (Å²) >= 11 is 0. The third kappa shape index (κ3) is 3.49. The van der Waals surface area contributed by atoms with Crippen LogP contribution in [0, 0.1) is 0 Å². The van der Waals surface area contributed by atoms with Crippen LogP contribution in [0.25, 0.3) is 0 Å². The third-order valence-electron chi connectivity index (χ3n) is 3.19. The van der Waals surface area contributed by atoms with Crippen molar-refractivity contribution in [3.05, 3.63) is 29.3 Å². The Balaban J connectivity index is 1.78. The number of hydrogen-bond donors (Lipinski definition) is 0. The summed E-state index contributed by atoms with van der Waals surface area (Å²) in [5.74, 6) is 0.479. The Morgan fingerprint density at radius 3 is 2.94 bits per heavy atom. The van der Waals surface area contributed by atoms with Crippen LogP contribution in [0.1, 0.15) is 37.3 Å². The van der Waals surface area contributed by atoms with Crippen molar-refractivity contribution in [3.63, 3.8) is 0 Å². The zero-order valence-corrected chi connectivity index (χ0v) is 10.9. The maximum absolute atomic E-state index is 11.4. The van der Waals surface area contributed by atoms with E-state index in [1.807, 2.05) is 12.1 Å². The number of carbonyl (C=O) groups excluding carboxylic acids is 1. The van der Waals surface area contributed by atoms with E-state index in [2.05, 4.69) is 13.0 Å². The molecule has 0 spiro atoms. The predicted molar refractivity (Wildman–Crippen MR) is 69.8 cm³/mol. The van der Waals surface area contributed by atoms with Crippen LogP contribution in [-0.2, 0) is 22.4 Å². The molecule has 0 aromatic heterocycles. The maximum Gasteiger partial charge on any atom is 0.344 e. The summed E-state index contributed by atoms with van der Waals surface area (Å²) in [7, 11) is 0. The average Bonchev–Trinajstić information content (AvgIpc) is 2.84. The molecule has 0 saturated carbocycles. The summed E-state index contributed by atoms with van der Waals surface area (Å²) in [5.41, 5.74) is 2.76. The molecule has 0 heterocycles. The van der Waals surface area contributed by atoms with Gasteiger partial charge < -0.3 is 9.47 Å². The second-order valence-corrected chi connectivity index (χ2v) is 4.65. The molecule has 0 radical (unpaired) electrons. The Bertz CT molecular complexity index is 412. The molecular weight excluding hydrogens is 228 g/mol. The molecule has 1 aromatic rings. The van der Waals surface area contributed by atoms with Gasteiger partial charge in [-0.2, -0.15) is 0 Å². The quantitative estimate of drug-likeness (QED) is 0.573. The molecule has 18 heavy (non-hydrogen) atoms. The predicted octanol–water partition coefficient (Wildman–Crippen LogP) is 2.90. The zero-order valence-electron chi connectivity index (χ0n) is 10.9. The highest BCUT2D eigenvalue weighted by molar-refractivity contribution is 5.71. The van der Waals surface area contributed by atoms with Crippen LogP contribution in [0.5, 0.6) is 5.75 Å². The van der Waals surface area contributed by atoms with Gasteiger partial charge in [-0.05, 0) is 48.9 Å². The van der Waals surface area contributed by atoms with E-state index in [4.69, 9.17) is 9.47 Å². The second kappa shape index (κ2) is 6.43. The van der Waals surface area contributed by atoms with Gasteiger partial charge >= 0.3 is 5.97 Å². The standard InChI is InChI=1S/C15H20O3/c1-2-3-9-17-15(16)11-18-14-8-7-12-5-4-6-13(12)10-14/h7-8,10H,2-6,9,11H2,1H3. The summed E-state index contributed by atoms with van der Waals surface area (Å²) in [5, 5.41) is 0. The van der Waals surface area contributed by atoms with Crippen LogP contribution in [0.15, 0.2) is 18.2 Å². The van der Waals surface area contributed by atoms with Gasteiger partial charge in [-0.3, -0.25) is 0 Å². The largest absolute Gasteiger partial charge is 0.482 e. The van der Waals surface area contributed by atoms with Crippen LogP contribution in [0.4, 0.5) is 0 Å². The van der Waals surface area contributed by atoms with Crippen molar-refractivity contribution in [3.8, 4) is 5.75 Å². The van der Waals surface area contributed by atoms with Gasteiger partial charge in [0.05, 0.1) is 6.61 Å². The molecule has 2 rings (SSSR count). The van der Waals surface area contributed by atoms with E-state index in [-0.39, 0.29) is 12.6 Å². The molecule has 1 aromatic carbocycles. The van der Waals surface area contributed by atoms with Crippen molar-refractivity contribution in [2.75, 3.05) is 13.2 Å². The number of carbonyl (C=O) groups is 1. The Labute approximate surface area is 108 Å². The molecule has 0 bridgehead atoms. The molecule has 3 nitrogen and oxygen atoms in total. The number of benzene rings is 1. The van der Waals surface area contributed by atoms with Gasteiger partial charge in [0.1, 0.15) is 5.75 Å². The van der Waals surface area contributed by atoms with E-state index >= 15 is 0 Å². The molecule has 3 heteroatoms. The lowest BCUT2D eigenvalue weighted by Crippen LogP contribution is -2.15. The van der Waals surface area contributed by atoms with E-state index in [0.717, 1.165) is 31.4 Å². The van der Waals surface area contributed by atoms with E-state index in [9.17, 15) is 4.79 Å². The van der Waals surface area contributed by atoms with E-state index in [1.165, 1.54) is 17.5 Å². The van der Waals surface area contributed by atoms with Crippen LogP contribution in [0.2, 0.25) is 0 Å². The second-order valence-electron chi connectivity index (χ2n) is 4.65. The van der Waals surface area contributed by atoms with Gasteiger partial charge in [-0.15, -0.1) is 0 Å². The Morgan fingerprint density at radius 2 is 2.11 bits per heavy atom. The number of rotatable bonds is 6. The molecular formula is C15H20O3. The lowest BCUT2D eigenvalue weighted by molar-refractivity contribution is -0.146. The smallest absolute Gasteiger partial charge is 0.344 e. The lowest BCUT2D eigenvalue weighted by atomic mass is 10.1. The first kappa shape index (κ1) is 12.9. The molecule has 0 aliphatic heterocycles. The van der Waals surface area contributed by atoms with Gasteiger partial charge in [0, 0.05) is 0 Å².